The molecule has 9 heteroatoms. The normalized spacial score (nSPS) is 11.5. The van der Waals surface area contributed by atoms with Crippen molar-refractivity contribution in [1.29, 1.82) is 0 Å². The van der Waals surface area contributed by atoms with Gasteiger partial charge in [0, 0.05) is 11.8 Å². The number of nitrogens with one attached hydrogen (secondary N) is 2. The first-order chi connectivity index (χ1) is 13.9. The van der Waals surface area contributed by atoms with Crippen LogP contribution in [-0.2, 0) is 16.6 Å². The third-order valence-corrected chi connectivity index (χ3v) is 5.96. The Morgan fingerprint density at radius 2 is 1.76 bits per heavy atom. The quantitative estimate of drug-likeness (QED) is 0.478. The summed E-state index contributed by atoms with van der Waals surface area (Å²) in [5.41, 5.74) is 1.78. The summed E-state index contributed by atoms with van der Waals surface area (Å²) >= 11 is 6.09. The molecule has 0 radical (unpaired) electrons. The van der Waals surface area contributed by atoms with E-state index in [0.29, 0.717) is 23.6 Å². The topological polar surface area (TPSA) is 101 Å². The number of sulfonamides is 1. The SMILES string of the molecule is O=c1[nH]c2cc(Cl)c(S(=O)(=O)Nc3ccc(OCc4ccccc4)cc3)cc2o1. The number of benzene rings is 3. The fraction of sp³-hybridized carbons (Fsp3) is 0.0500. The lowest BCUT2D eigenvalue weighted by Gasteiger charge is -2.11. The van der Waals surface area contributed by atoms with E-state index in [9.17, 15) is 13.2 Å². The van der Waals surface area contributed by atoms with Gasteiger partial charge in [-0.2, -0.15) is 0 Å². The van der Waals surface area contributed by atoms with Gasteiger partial charge in [0.05, 0.1) is 10.5 Å². The smallest absolute Gasteiger partial charge is 0.417 e. The van der Waals surface area contributed by atoms with Gasteiger partial charge in [-0.1, -0.05) is 41.9 Å². The number of aromatic amines is 1. The predicted octanol–water partition coefficient (Wildman–Crippen LogP) is 4.15. The van der Waals surface area contributed by atoms with E-state index in [4.69, 9.17) is 20.8 Å². The molecule has 2 N–H and O–H groups in total. The van der Waals surface area contributed by atoms with Crippen LogP contribution in [0.3, 0.4) is 0 Å². The molecule has 1 aromatic heterocycles. The van der Waals surface area contributed by atoms with Crippen molar-refractivity contribution in [2.24, 2.45) is 0 Å². The highest BCUT2D eigenvalue weighted by Crippen LogP contribution is 2.28. The molecule has 29 heavy (non-hydrogen) atoms. The molecule has 0 unspecified atom stereocenters. The van der Waals surface area contributed by atoms with Gasteiger partial charge in [0.25, 0.3) is 10.0 Å². The molecule has 0 aliphatic rings. The number of hydrogen-bond donors (Lipinski definition) is 2. The fourth-order valence-electron chi connectivity index (χ4n) is 2.73. The number of rotatable bonds is 6. The van der Waals surface area contributed by atoms with Gasteiger partial charge in [0.1, 0.15) is 17.3 Å². The maximum atomic E-state index is 12.7. The summed E-state index contributed by atoms with van der Waals surface area (Å²) in [5.74, 6) is -0.0879. The average Bonchev–Trinajstić information content (AvgIpc) is 3.06. The van der Waals surface area contributed by atoms with Gasteiger partial charge in [-0.15, -0.1) is 0 Å². The summed E-state index contributed by atoms with van der Waals surface area (Å²) < 4.78 is 38.5. The van der Waals surface area contributed by atoms with Gasteiger partial charge in [0.15, 0.2) is 5.58 Å². The molecule has 1 heterocycles. The van der Waals surface area contributed by atoms with Gasteiger partial charge < -0.3 is 9.15 Å². The van der Waals surface area contributed by atoms with Crippen molar-refractivity contribution in [3.05, 3.63) is 87.9 Å². The van der Waals surface area contributed by atoms with E-state index < -0.39 is 15.8 Å². The number of aromatic nitrogens is 1. The fourth-order valence-corrected chi connectivity index (χ4v) is 4.33. The highest BCUT2D eigenvalue weighted by Gasteiger charge is 2.20. The second-order valence-corrected chi connectivity index (χ2v) is 8.26. The summed E-state index contributed by atoms with van der Waals surface area (Å²) in [6.45, 7) is 0.406. The molecule has 4 aromatic rings. The maximum absolute atomic E-state index is 12.7. The minimum atomic E-state index is -3.99. The molecule has 7 nitrogen and oxygen atoms in total. The number of oxazole rings is 1. The van der Waals surface area contributed by atoms with Crippen LogP contribution in [-0.4, -0.2) is 13.4 Å². The van der Waals surface area contributed by atoms with Crippen molar-refractivity contribution in [3.63, 3.8) is 0 Å². The van der Waals surface area contributed by atoms with Crippen LogP contribution in [0.2, 0.25) is 5.02 Å². The van der Waals surface area contributed by atoms with Crippen LogP contribution < -0.4 is 15.2 Å². The van der Waals surface area contributed by atoms with Crippen LogP contribution >= 0.6 is 11.6 Å². The first-order valence-corrected chi connectivity index (χ1v) is 10.4. The lowest BCUT2D eigenvalue weighted by atomic mass is 10.2. The van der Waals surface area contributed by atoms with Crippen LogP contribution in [0.25, 0.3) is 11.1 Å². The molecule has 3 aromatic carbocycles. The Labute approximate surface area is 170 Å². The first kappa shape index (κ1) is 19.1. The molecule has 0 saturated carbocycles. The molecule has 0 atom stereocenters. The summed E-state index contributed by atoms with van der Waals surface area (Å²) in [7, 11) is -3.99. The molecule has 148 valence electrons. The zero-order chi connectivity index (χ0) is 20.4. The minimum Gasteiger partial charge on any atom is -0.489 e. The van der Waals surface area contributed by atoms with E-state index in [2.05, 4.69) is 9.71 Å². The number of ether oxygens (including phenoxy) is 1. The van der Waals surface area contributed by atoms with E-state index in [0.717, 1.165) is 5.56 Å². The van der Waals surface area contributed by atoms with Crippen LogP contribution in [0.1, 0.15) is 5.56 Å². The monoisotopic (exact) mass is 430 g/mol. The average molecular weight is 431 g/mol. The van der Waals surface area contributed by atoms with Crippen LogP contribution in [0.15, 0.2) is 80.8 Å². The number of hydrogen-bond acceptors (Lipinski definition) is 5. The van der Waals surface area contributed by atoms with Crippen molar-refractivity contribution in [2.45, 2.75) is 11.5 Å². The van der Waals surface area contributed by atoms with E-state index in [1.165, 1.54) is 12.1 Å². The molecule has 0 aliphatic heterocycles. The van der Waals surface area contributed by atoms with E-state index in [-0.39, 0.29) is 15.5 Å². The van der Waals surface area contributed by atoms with Crippen molar-refractivity contribution in [2.75, 3.05) is 4.72 Å². The number of halogens is 1. The zero-order valence-electron chi connectivity index (χ0n) is 14.9. The van der Waals surface area contributed by atoms with Crippen molar-refractivity contribution < 1.29 is 17.6 Å². The molecular weight excluding hydrogens is 416 g/mol. The second-order valence-electron chi connectivity index (χ2n) is 6.20. The molecule has 0 spiro atoms. The summed E-state index contributed by atoms with van der Waals surface area (Å²) in [5, 5.41) is -0.0372. The van der Waals surface area contributed by atoms with Crippen LogP contribution in [0.4, 0.5) is 5.69 Å². The third-order valence-electron chi connectivity index (χ3n) is 4.12. The number of H-pyrrole nitrogens is 1. The Kier molecular flexibility index (Phi) is 5.04. The molecular formula is C20H15ClN2O5S. The largest absolute Gasteiger partial charge is 0.489 e. The highest BCUT2D eigenvalue weighted by molar-refractivity contribution is 7.92. The summed E-state index contributed by atoms with van der Waals surface area (Å²) in [6.07, 6.45) is 0. The summed E-state index contributed by atoms with van der Waals surface area (Å²) in [6, 6.07) is 18.7. The molecule has 4 rings (SSSR count). The Morgan fingerprint density at radius 1 is 1.03 bits per heavy atom. The van der Waals surface area contributed by atoms with E-state index in [1.54, 1.807) is 24.3 Å². The standard InChI is InChI=1S/C20H15ClN2O5S/c21-16-10-17-18(28-20(24)22-17)11-19(16)29(25,26)23-14-6-8-15(9-7-14)27-12-13-4-2-1-3-5-13/h1-11,23H,12H2,(H,22,24). The lowest BCUT2D eigenvalue weighted by Crippen LogP contribution is -2.13. The molecule has 0 aliphatic carbocycles. The van der Waals surface area contributed by atoms with Crippen molar-refractivity contribution in [3.8, 4) is 5.75 Å². The van der Waals surface area contributed by atoms with Crippen LogP contribution in [0, 0.1) is 0 Å². The van der Waals surface area contributed by atoms with Crippen LogP contribution in [0.5, 0.6) is 5.75 Å². The minimum absolute atomic E-state index is 0.0372. The Bertz CT molecular complexity index is 1310. The predicted molar refractivity (Wildman–Crippen MR) is 110 cm³/mol. The lowest BCUT2D eigenvalue weighted by molar-refractivity contribution is 0.306. The Morgan fingerprint density at radius 3 is 2.48 bits per heavy atom. The van der Waals surface area contributed by atoms with Crippen molar-refractivity contribution in [1.82, 2.24) is 4.98 Å². The van der Waals surface area contributed by atoms with Gasteiger partial charge in [0.2, 0.25) is 0 Å². The van der Waals surface area contributed by atoms with Gasteiger partial charge in [-0.05, 0) is 35.9 Å². The van der Waals surface area contributed by atoms with Crippen molar-refractivity contribution >= 4 is 38.4 Å². The molecule has 0 fully saturated rings. The molecule has 0 bridgehead atoms. The van der Waals surface area contributed by atoms with E-state index in [1.807, 2.05) is 30.3 Å². The third kappa shape index (κ3) is 4.28. The summed E-state index contributed by atoms with van der Waals surface area (Å²) in [4.78, 5) is 13.5. The highest BCUT2D eigenvalue weighted by atomic mass is 35.5. The van der Waals surface area contributed by atoms with Gasteiger partial charge in [-0.3, -0.25) is 9.71 Å². The maximum Gasteiger partial charge on any atom is 0.417 e. The number of fused-ring (bicyclic) bond motifs is 1. The first-order valence-electron chi connectivity index (χ1n) is 8.53. The Hall–Kier alpha value is -3.23. The number of anilines is 1. The molecule has 0 saturated heterocycles. The zero-order valence-corrected chi connectivity index (χ0v) is 16.5. The second kappa shape index (κ2) is 7.65. The van der Waals surface area contributed by atoms with E-state index >= 15 is 0 Å². The Balaban J connectivity index is 1.51. The van der Waals surface area contributed by atoms with Gasteiger partial charge >= 0.3 is 5.76 Å². The van der Waals surface area contributed by atoms with Gasteiger partial charge in [-0.25, -0.2) is 13.2 Å². The molecule has 0 amide bonds.